The van der Waals surface area contributed by atoms with E-state index in [0.29, 0.717) is 6.42 Å². The van der Waals surface area contributed by atoms with Crippen LogP contribution in [0.4, 0.5) is 0 Å². The fourth-order valence-corrected chi connectivity index (χ4v) is 4.10. The monoisotopic (exact) mass is 342 g/mol. The van der Waals surface area contributed by atoms with Crippen molar-refractivity contribution in [2.24, 2.45) is 11.3 Å². The number of esters is 1. The molecule has 1 aromatic rings. The van der Waals surface area contributed by atoms with E-state index < -0.39 is 17.2 Å². The molecule has 3 atom stereocenters. The number of ketones is 1. The Kier molecular flexibility index (Phi) is 4.62. The van der Waals surface area contributed by atoms with Crippen molar-refractivity contribution in [3.63, 3.8) is 0 Å². The van der Waals surface area contributed by atoms with Gasteiger partial charge in [-0.2, -0.15) is 0 Å². The lowest BCUT2D eigenvalue weighted by atomic mass is 9.54. The van der Waals surface area contributed by atoms with Crippen molar-refractivity contribution in [3.05, 3.63) is 60.2 Å². The summed E-state index contributed by atoms with van der Waals surface area (Å²) in [7, 11) is 4.26. The quantitative estimate of drug-likeness (QED) is 0.356. The second-order valence-electron chi connectivity index (χ2n) is 6.36. The highest BCUT2D eigenvalue weighted by Crippen LogP contribution is 2.57. The average molecular weight is 342 g/mol. The standard InChI is InChI=1S/C20H22O5/c1-23-17(21)10-12-19-11-9-15(20(24-2,25-3)18(19)22)13-16(19)14-7-5-4-6-8-14/h4-12,15-16H,13H2,1-3H3/b12-10+/t15-,16-,19-/m0/s1. The Hall–Kier alpha value is -2.24. The van der Waals surface area contributed by atoms with Gasteiger partial charge in [0, 0.05) is 32.1 Å². The maximum Gasteiger partial charge on any atom is 0.330 e. The van der Waals surface area contributed by atoms with Gasteiger partial charge in [0.15, 0.2) is 0 Å². The maximum atomic E-state index is 13.5. The predicted octanol–water partition coefficient (Wildman–Crippen LogP) is 2.63. The van der Waals surface area contributed by atoms with Crippen LogP contribution in [0.5, 0.6) is 0 Å². The van der Waals surface area contributed by atoms with Gasteiger partial charge in [-0.05, 0) is 12.0 Å². The summed E-state index contributed by atoms with van der Waals surface area (Å²) in [6.45, 7) is 0. The van der Waals surface area contributed by atoms with Gasteiger partial charge < -0.3 is 14.2 Å². The zero-order valence-corrected chi connectivity index (χ0v) is 14.6. The summed E-state index contributed by atoms with van der Waals surface area (Å²) in [6, 6.07) is 9.84. The van der Waals surface area contributed by atoms with Gasteiger partial charge in [0.05, 0.1) is 12.5 Å². The summed E-state index contributed by atoms with van der Waals surface area (Å²) in [5.41, 5.74) is 0.0246. The second kappa shape index (κ2) is 6.58. The number of methoxy groups -OCH3 is 3. The molecule has 0 spiro atoms. The molecule has 0 aliphatic heterocycles. The van der Waals surface area contributed by atoms with Crippen LogP contribution in [0.1, 0.15) is 17.9 Å². The lowest BCUT2D eigenvalue weighted by molar-refractivity contribution is -0.241. The number of carbonyl (C=O) groups excluding carboxylic acids is 2. The van der Waals surface area contributed by atoms with Gasteiger partial charge in [-0.25, -0.2) is 4.79 Å². The lowest BCUT2D eigenvalue weighted by Gasteiger charge is -2.53. The number of benzene rings is 1. The maximum absolute atomic E-state index is 13.5. The summed E-state index contributed by atoms with van der Waals surface area (Å²) in [6.07, 6.45) is 7.43. The molecule has 4 rings (SSSR count). The van der Waals surface area contributed by atoms with E-state index in [2.05, 4.69) is 0 Å². The van der Waals surface area contributed by atoms with E-state index in [0.717, 1.165) is 5.56 Å². The van der Waals surface area contributed by atoms with E-state index in [4.69, 9.17) is 14.2 Å². The number of hydrogen-bond donors (Lipinski definition) is 0. The number of rotatable bonds is 5. The molecule has 0 saturated heterocycles. The molecule has 0 aromatic heterocycles. The van der Waals surface area contributed by atoms with Crippen LogP contribution >= 0.6 is 0 Å². The van der Waals surface area contributed by atoms with E-state index in [1.807, 2.05) is 42.5 Å². The number of carbonyl (C=O) groups is 2. The molecule has 5 nitrogen and oxygen atoms in total. The molecule has 2 bridgehead atoms. The van der Waals surface area contributed by atoms with Crippen LogP contribution in [0.15, 0.2) is 54.6 Å². The highest BCUT2D eigenvalue weighted by atomic mass is 16.7. The zero-order valence-electron chi connectivity index (χ0n) is 14.6. The highest BCUT2D eigenvalue weighted by Gasteiger charge is 2.63. The van der Waals surface area contributed by atoms with Crippen molar-refractivity contribution < 1.29 is 23.8 Å². The topological polar surface area (TPSA) is 61.8 Å². The summed E-state index contributed by atoms with van der Waals surface area (Å²) >= 11 is 0. The minimum Gasteiger partial charge on any atom is -0.466 e. The van der Waals surface area contributed by atoms with Gasteiger partial charge in [0.2, 0.25) is 11.6 Å². The molecule has 0 amide bonds. The molecule has 1 saturated carbocycles. The molecule has 3 aliphatic carbocycles. The van der Waals surface area contributed by atoms with Crippen LogP contribution in [-0.4, -0.2) is 38.9 Å². The second-order valence-corrected chi connectivity index (χ2v) is 6.36. The first-order valence-electron chi connectivity index (χ1n) is 8.20. The molecule has 5 heteroatoms. The first-order chi connectivity index (χ1) is 12.0. The minimum absolute atomic E-state index is 0.101. The molecular weight excluding hydrogens is 320 g/mol. The summed E-state index contributed by atoms with van der Waals surface area (Å²) in [5, 5.41) is 0. The fourth-order valence-electron chi connectivity index (χ4n) is 4.10. The van der Waals surface area contributed by atoms with E-state index in [1.165, 1.54) is 27.4 Å². The van der Waals surface area contributed by atoms with Crippen LogP contribution in [0, 0.1) is 11.3 Å². The Labute approximate surface area is 147 Å². The SMILES string of the molecule is COC(=O)/C=C/[C@@]12C=C[C@@H](C[C@H]1c1ccccc1)C(OC)(OC)C2=O. The Morgan fingerprint density at radius 2 is 1.84 bits per heavy atom. The summed E-state index contributed by atoms with van der Waals surface area (Å²) in [4.78, 5) is 25.1. The van der Waals surface area contributed by atoms with Gasteiger partial charge >= 0.3 is 5.97 Å². The third kappa shape index (κ3) is 2.55. The third-order valence-corrected chi connectivity index (χ3v) is 5.37. The zero-order chi connectivity index (χ0) is 18.1. The molecular formula is C20H22O5. The van der Waals surface area contributed by atoms with Crippen molar-refractivity contribution >= 4 is 11.8 Å². The van der Waals surface area contributed by atoms with Gasteiger partial charge in [-0.15, -0.1) is 0 Å². The minimum atomic E-state index is -1.33. The molecule has 132 valence electrons. The number of ether oxygens (including phenoxy) is 3. The number of Topliss-reactive ketones (excluding diaryl/α,β-unsaturated/α-hetero) is 1. The van der Waals surface area contributed by atoms with Crippen molar-refractivity contribution in [1.29, 1.82) is 0 Å². The molecule has 1 fully saturated rings. The van der Waals surface area contributed by atoms with Crippen LogP contribution in [0.2, 0.25) is 0 Å². The Balaban J connectivity index is 2.14. The number of allylic oxidation sites excluding steroid dienone is 2. The predicted molar refractivity (Wildman–Crippen MR) is 91.8 cm³/mol. The molecule has 0 N–H and O–H groups in total. The van der Waals surface area contributed by atoms with Crippen molar-refractivity contribution in [2.45, 2.75) is 18.1 Å². The Bertz CT molecular complexity index is 717. The summed E-state index contributed by atoms with van der Waals surface area (Å²) in [5.74, 6) is -2.32. The summed E-state index contributed by atoms with van der Waals surface area (Å²) < 4.78 is 15.8. The van der Waals surface area contributed by atoms with E-state index >= 15 is 0 Å². The van der Waals surface area contributed by atoms with E-state index in [-0.39, 0.29) is 17.6 Å². The first-order valence-corrected chi connectivity index (χ1v) is 8.20. The van der Waals surface area contributed by atoms with Crippen molar-refractivity contribution in [2.75, 3.05) is 21.3 Å². The lowest BCUT2D eigenvalue weighted by Crippen LogP contribution is -2.62. The Morgan fingerprint density at radius 3 is 2.44 bits per heavy atom. The van der Waals surface area contributed by atoms with E-state index in [1.54, 1.807) is 6.08 Å². The van der Waals surface area contributed by atoms with Crippen LogP contribution in [0.25, 0.3) is 0 Å². The van der Waals surface area contributed by atoms with E-state index in [9.17, 15) is 9.59 Å². The number of hydrogen-bond acceptors (Lipinski definition) is 5. The number of fused-ring (bicyclic) bond motifs is 2. The van der Waals surface area contributed by atoms with Gasteiger partial charge in [-0.1, -0.05) is 48.6 Å². The molecule has 0 radical (unpaired) electrons. The van der Waals surface area contributed by atoms with Gasteiger partial charge in [0.25, 0.3) is 0 Å². The van der Waals surface area contributed by atoms with Gasteiger partial charge in [0.1, 0.15) is 0 Å². The molecule has 3 aliphatic rings. The van der Waals surface area contributed by atoms with Crippen molar-refractivity contribution in [1.82, 2.24) is 0 Å². The third-order valence-electron chi connectivity index (χ3n) is 5.37. The molecule has 1 aromatic carbocycles. The van der Waals surface area contributed by atoms with Crippen LogP contribution in [-0.2, 0) is 23.8 Å². The normalized spacial score (nSPS) is 30.0. The van der Waals surface area contributed by atoms with Crippen LogP contribution < -0.4 is 0 Å². The highest BCUT2D eigenvalue weighted by molar-refractivity contribution is 5.99. The van der Waals surface area contributed by atoms with Gasteiger partial charge in [-0.3, -0.25) is 4.79 Å². The molecule has 0 unspecified atom stereocenters. The van der Waals surface area contributed by atoms with Crippen molar-refractivity contribution in [3.8, 4) is 0 Å². The first kappa shape index (κ1) is 17.6. The fraction of sp³-hybridized carbons (Fsp3) is 0.400. The Morgan fingerprint density at radius 1 is 1.16 bits per heavy atom. The van der Waals surface area contributed by atoms with Crippen LogP contribution in [0.3, 0.4) is 0 Å². The largest absolute Gasteiger partial charge is 0.466 e. The average Bonchev–Trinajstić information content (AvgIpc) is 2.68. The molecule has 25 heavy (non-hydrogen) atoms. The molecule has 0 heterocycles. The smallest absolute Gasteiger partial charge is 0.330 e.